The van der Waals surface area contributed by atoms with Gasteiger partial charge in [0.05, 0.1) is 22.7 Å². The van der Waals surface area contributed by atoms with Crippen molar-refractivity contribution < 1.29 is 27.5 Å². The molecule has 2 heterocycles. The van der Waals surface area contributed by atoms with E-state index in [4.69, 9.17) is 9.52 Å². The summed E-state index contributed by atoms with van der Waals surface area (Å²) in [6.07, 6.45) is -0.266. The lowest BCUT2D eigenvalue weighted by molar-refractivity contribution is -0.141. The van der Waals surface area contributed by atoms with E-state index in [2.05, 4.69) is 9.82 Å². The van der Waals surface area contributed by atoms with Crippen LogP contribution in [0.25, 0.3) is 0 Å². The Labute approximate surface area is 196 Å². The van der Waals surface area contributed by atoms with Gasteiger partial charge in [-0.2, -0.15) is 5.10 Å². The Balaban J connectivity index is 1.67. The van der Waals surface area contributed by atoms with Crippen LogP contribution in [0.4, 0.5) is 5.69 Å². The van der Waals surface area contributed by atoms with Crippen LogP contribution in [0, 0.1) is 6.92 Å². The average molecular weight is 482 g/mol. The number of para-hydroxylation sites is 1. The molecule has 10 heteroatoms. The molecule has 0 saturated heterocycles. The van der Waals surface area contributed by atoms with Gasteiger partial charge in [0.15, 0.2) is 0 Å². The maximum atomic E-state index is 12.9. The monoisotopic (exact) mass is 481 g/mol. The number of hydrogen-bond acceptors (Lipinski definition) is 6. The van der Waals surface area contributed by atoms with Crippen LogP contribution in [0.1, 0.15) is 42.4 Å². The number of hydrogen-bond donors (Lipinski definition) is 2. The van der Waals surface area contributed by atoms with Crippen LogP contribution in [0.15, 0.2) is 81.1 Å². The molecule has 0 fully saturated rings. The fourth-order valence-electron chi connectivity index (χ4n) is 3.71. The largest absolute Gasteiger partial charge is 0.481 e. The number of aliphatic carboxylic acids is 1. The van der Waals surface area contributed by atoms with E-state index in [0.29, 0.717) is 28.5 Å². The molecular weight excluding hydrogens is 458 g/mol. The van der Waals surface area contributed by atoms with Crippen molar-refractivity contribution in [3.05, 3.63) is 83.8 Å². The molecular formula is C24H23N3O6S. The first kappa shape index (κ1) is 23.2. The number of nitrogens with one attached hydrogen (secondary N) is 1. The molecule has 1 amide bonds. The van der Waals surface area contributed by atoms with Gasteiger partial charge in [-0.05, 0) is 37.3 Å². The van der Waals surface area contributed by atoms with Crippen molar-refractivity contribution in [2.75, 3.05) is 4.72 Å². The third-order valence-electron chi connectivity index (χ3n) is 5.34. The molecule has 1 atom stereocenters. The number of sulfonamides is 1. The molecule has 4 rings (SSSR count). The van der Waals surface area contributed by atoms with Gasteiger partial charge in [-0.1, -0.05) is 36.4 Å². The molecule has 3 aromatic rings. The lowest BCUT2D eigenvalue weighted by atomic mass is 10.0. The van der Waals surface area contributed by atoms with Crippen molar-refractivity contribution in [3.8, 4) is 0 Å². The van der Waals surface area contributed by atoms with E-state index in [9.17, 15) is 18.0 Å². The molecule has 0 aliphatic carbocycles. The SMILES string of the molecule is Cc1ccc(C2CC(c3ccccc3NS(=O)(=O)c3ccccc3)=NN2C(=O)CCC(=O)O)o1. The lowest BCUT2D eigenvalue weighted by Crippen LogP contribution is -2.27. The summed E-state index contributed by atoms with van der Waals surface area (Å²) < 4.78 is 34.1. The van der Waals surface area contributed by atoms with Crippen molar-refractivity contribution in [2.24, 2.45) is 5.10 Å². The highest BCUT2D eigenvalue weighted by atomic mass is 32.2. The fourth-order valence-corrected chi connectivity index (χ4v) is 4.81. The van der Waals surface area contributed by atoms with Gasteiger partial charge in [-0.15, -0.1) is 0 Å². The molecule has 1 unspecified atom stereocenters. The lowest BCUT2D eigenvalue weighted by Gasteiger charge is -2.19. The first-order valence-electron chi connectivity index (χ1n) is 10.6. The summed E-state index contributed by atoms with van der Waals surface area (Å²) in [6.45, 7) is 1.78. The quantitative estimate of drug-likeness (QED) is 0.501. The van der Waals surface area contributed by atoms with E-state index in [0.717, 1.165) is 0 Å². The Kier molecular flexibility index (Phi) is 6.51. The van der Waals surface area contributed by atoms with E-state index in [1.165, 1.54) is 17.1 Å². The minimum Gasteiger partial charge on any atom is -0.481 e. The zero-order valence-corrected chi connectivity index (χ0v) is 19.2. The first-order valence-corrected chi connectivity index (χ1v) is 12.1. The summed E-state index contributed by atoms with van der Waals surface area (Å²) in [7, 11) is -3.85. The number of carbonyl (C=O) groups is 2. The Morgan fingerprint density at radius 2 is 1.76 bits per heavy atom. The molecule has 0 bridgehead atoms. The van der Waals surface area contributed by atoms with Gasteiger partial charge in [0.2, 0.25) is 5.91 Å². The van der Waals surface area contributed by atoms with E-state index in [1.54, 1.807) is 61.5 Å². The molecule has 34 heavy (non-hydrogen) atoms. The smallest absolute Gasteiger partial charge is 0.303 e. The summed E-state index contributed by atoms with van der Waals surface area (Å²) in [5.41, 5.74) is 1.32. The van der Waals surface area contributed by atoms with Gasteiger partial charge in [0.1, 0.15) is 17.6 Å². The number of carbonyl (C=O) groups excluding carboxylic acids is 1. The second-order valence-electron chi connectivity index (χ2n) is 7.81. The van der Waals surface area contributed by atoms with Crippen LogP contribution < -0.4 is 4.72 Å². The van der Waals surface area contributed by atoms with Gasteiger partial charge in [-0.3, -0.25) is 14.3 Å². The second kappa shape index (κ2) is 9.52. The molecule has 9 nitrogen and oxygen atoms in total. The summed E-state index contributed by atoms with van der Waals surface area (Å²) in [5.74, 6) is -0.360. The molecule has 1 aliphatic rings. The number of hydrazone groups is 1. The third kappa shape index (κ3) is 5.01. The van der Waals surface area contributed by atoms with Gasteiger partial charge in [-0.25, -0.2) is 13.4 Å². The Morgan fingerprint density at radius 3 is 2.44 bits per heavy atom. The normalized spacial score (nSPS) is 15.7. The minimum absolute atomic E-state index is 0.118. The molecule has 1 aliphatic heterocycles. The van der Waals surface area contributed by atoms with Crippen molar-refractivity contribution in [2.45, 2.75) is 37.1 Å². The van der Waals surface area contributed by atoms with Crippen molar-refractivity contribution in [3.63, 3.8) is 0 Å². The highest BCUT2D eigenvalue weighted by molar-refractivity contribution is 7.92. The van der Waals surface area contributed by atoms with Gasteiger partial charge in [0.25, 0.3) is 10.0 Å². The Hall–Kier alpha value is -3.92. The standard InChI is InChI=1S/C24H23N3O6S/c1-16-11-12-22(33-16)21-15-20(25-27(21)23(28)13-14-24(29)30)18-9-5-6-10-19(18)26-34(31,32)17-7-3-2-4-8-17/h2-12,21,26H,13-15H2,1H3,(H,29,30). The van der Waals surface area contributed by atoms with Gasteiger partial charge >= 0.3 is 5.97 Å². The molecule has 1 aromatic heterocycles. The van der Waals surface area contributed by atoms with Crippen LogP contribution in [0.3, 0.4) is 0 Å². The maximum absolute atomic E-state index is 12.9. The highest BCUT2D eigenvalue weighted by Crippen LogP contribution is 2.36. The third-order valence-corrected chi connectivity index (χ3v) is 6.73. The number of rotatable bonds is 8. The molecule has 0 spiro atoms. The Bertz CT molecular complexity index is 1350. The Morgan fingerprint density at radius 1 is 1.06 bits per heavy atom. The molecule has 0 saturated carbocycles. The number of carboxylic acids is 1. The van der Waals surface area contributed by atoms with Gasteiger partial charge in [0, 0.05) is 18.4 Å². The zero-order chi connectivity index (χ0) is 24.3. The predicted octanol–water partition coefficient (Wildman–Crippen LogP) is 3.93. The van der Waals surface area contributed by atoms with Crippen LogP contribution >= 0.6 is 0 Å². The number of amides is 1. The van der Waals surface area contributed by atoms with E-state index in [-0.39, 0.29) is 24.2 Å². The number of anilines is 1. The first-order chi connectivity index (χ1) is 16.2. The van der Waals surface area contributed by atoms with Crippen molar-refractivity contribution in [1.29, 1.82) is 0 Å². The van der Waals surface area contributed by atoms with Crippen LogP contribution in [0.5, 0.6) is 0 Å². The van der Waals surface area contributed by atoms with Crippen LogP contribution in [0.2, 0.25) is 0 Å². The van der Waals surface area contributed by atoms with E-state index in [1.807, 2.05) is 0 Å². The summed E-state index contributed by atoms with van der Waals surface area (Å²) in [4.78, 5) is 23.9. The van der Waals surface area contributed by atoms with Crippen molar-refractivity contribution >= 4 is 33.3 Å². The zero-order valence-electron chi connectivity index (χ0n) is 18.3. The number of carboxylic acid groups (broad SMARTS) is 1. The van der Waals surface area contributed by atoms with Crippen molar-refractivity contribution in [1.82, 2.24) is 5.01 Å². The second-order valence-corrected chi connectivity index (χ2v) is 9.49. The van der Waals surface area contributed by atoms with Crippen LogP contribution in [-0.4, -0.2) is 36.1 Å². The average Bonchev–Trinajstić information content (AvgIpc) is 3.44. The maximum Gasteiger partial charge on any atom is 0.303 e. The number of furan rings is 1. The fraction of sp³-hybridized carbons (Fsp3) is 0.208. The molecule has 176 valence electrons. The molecule has 2 aromatic carbocycles. The predicted molar refractivity (Wildman–Crippen MR) is 125 cm³/mol. The summed E-state index contributed by atoms with van der Waals surface area (Å²) in [5, 5.41) is 14.7. The number of nitrogens with zero attached hydrogens (tertiary/aromatic N) is 2. The number of aryl methyl sites for hydroxylation is 1. The summed E-state index contributed by atoms with van der Waals surface area (Å²) >= 11 is 0. The molecule has 0 radical (unpaired) electrons. The highest BCUT2D eigenvalue weighted by Gasteiger charge is 2.36. The van der Waals surface area contributed by atoms with E-state index < -0.39 is 27.9 Å². The summed E-state index contributed by atoms with van der Waals surface area (Å²) in [6, 6.07) is 17.7. The number of benzene rings is 2. The van der Waals surface area contributed by atoms with Crippen LogP contribution in [-0.2, 0) is 19.6 Å². The topological polar surface area (TPSA) is 129 Å². The van der Waals surface area contributed by atoms with E-state index >= 15 is 0 Å². The minimum atomic E-state index is -3.85. The van der Waals surface area contributed by atoms with Gasteiger partial charge < -0.3 is 9.52 Å². The molecule has 2 N–H and O–H groups in total.